The van der Waals surface area contributed by atoms with Crippen molar-refractivity contribution in [1.82, 2.24) is 0 Å². The molecule has 1 atom stereocenters. The zero-order chi connectivity index (χ0) is 24.2. The van der Waals surface area contributed by atoms with E-state index >= 15 is 0 Å². The fourth-order valence-corrected chi connectivity index (χ4v) is 4.54. The van der Waals surface area contributed by atoms with E-state index in [9.17, 15) is 14.0 Å². The molecular formula is C28H24FNO4. The number of carbonyl (C=O) groups excluding carboxylic acids is 2. The summed E-state index contributed by atoms with van der Waals surface area (Å²) in [6.45, 7) is 7.57. The lowest BCUT2D eigenvalue weighted by Crippen LogP contribution is -2.36. The number of rotatable bonds is 3. The molecule has 0 saturated carbocycles. The maximum Gasteiger partial charge on any atom is 0.291 e. The molecule has 0 fully saturated rings. The Hall–Kier alpha value is -3.93. The lowest BCUT2D eigenvalue weighted by atomic mass is 9.84. The van der Waals surface area contributed by atoms with Gasteiger partial charge >= 0.3 is 0 Å². The topological polar surface area (TPSA) is 68.5 Å². The predicted octanol–water partition coefficient (Wildman–Crippen LogP) is 6.63. The Morgan fingerprint density at radius 1 is 1.00 bits per heavy atom. The minimum atomic E-state index is -0.924. The molecule has 5 rings (SSSR count). The van der Waals surface area contributed by atoms with Gasteiger partial charge < -0.3 is 14.5 Å². The van der Waals surface area contributed by atoms with E-state index in [1.807, 2.05) is 39.0 Å². The Morgan fingerprint density at radius 2 is 1.74 bits per heavy atom. The van der Waals surface area contributed by atoms with Crippen LogP contribution in [-0.4, -0.2) is 11.7 Å². The molecular weight excluding hydrogens is 433 g/mol. The first-order valence-corrected chi connectivity index (χ1v) is 11.1. The highest BCUT2D eigenvalue weighted by Crippen LogP contribution is 2.44. The molecule has 0 bridgehead atoms. The number of ether oxygens (including phenoxy) is 1. The second-order valence-electron chi connectivity index (χ2n) is 9.06. The molecule has 2 heterocycles. The monoisotopic (exact) mass is 457 g/mol. The number of furan rings is 1. The predicted molar refractivity (Wildman–Crippen MR) is 128 cm³/mol. The van der Waals surface area contributed by atoms with Crippen LogP contribution in [0.15, 0.2) is 59.0 Å². The number of carbonyl (C=O) groups is 2. The number of hydrogen-bond donors (Lipinski definition) is 1. The molecule has 5 nitrogen and oxygen atoms in total. The number of anilines is 1. The normalized spacial score (nSPS) is 17.4. The summed E-state index contributed by atoms with van der Waals surface area (Å²) in [6.07, 6.45) is 0.0829. The summed E-state index contributed by atoms with van der Waals surface area (Å²) in [6, 6.07) is 15.0. The molecule has 4 aromatic rings. The van der Waals surface area contributed by atoms with E-state index in [4.69, 9.17) is 9.15 Å². The van der Waals surface area contributed by atoms with Crippen molar-refractivity contribution in [2.75, 3.05) is 5.32 Å². The largest absolute Gasteiger partial charge is 0.482 e. The van der Waals surface area contributed by atoms with Gasteiger partial charge in [-0.2, -0.15) is 0 Å². The molecule has 34 heavy (non-hydrogen) atoms. The molecule has 1 aliphatic rings. The second kappa shape index (κ2) is 7.83. The van der Waals surface area contributed by atoms with Crippen LogP contribution in [0.2, 0.25) is 0 Å². The average molecular weight is 458 g/mol. The number of aryl methyl sites for hydroxylation is 3. The first kappa shape index (κ1) is 21.9. The van der Waals surface area contributed by atoms with Crippen molar-refractivity contribution in [1.29, 1.82) is 0 Å². The Balaban J connectivity index is 1.53. The Kier molecular flexibility index (Phi) is 5.04. The van der Waals surface area contributed by atoms with Gasteiger partial charge in [-0.15, -0.1) is 0 Å². The smallest absolute Gasteiger partial charge is 0.291 e. The Labute approximate surface area is 196 Å². The van der Waals surface area contributed by atoms with Gasteiger partial charge in [0.15, 0.2) is 11.5 Å². The van der Waals surface area contributed by atoms with Crippen molar-refractivity contribution in [3.8, 4) is 5.75 Å². The van der Waals surface area contributed by atoms with Crippen LogP contribution in [0.25, 0.3) is 11.0 Å². The van der Waals surface area contributed by atoms with Gasteiger partial charge in [0.25, 0.3) is 5.91 Å². The minimum Gasteiger partial charge on any atom is -0.482 e. The summed E-state index contributed by atoms with van der Waals surface area (Å²) in [5, 5.41) is 3.46. The van der Waals surface area contributed by atoms with E-state index in [1.54, 1.807) is 31.2 Å². The number of ketones is 1. The van der Waals surface area contributed by atoms with Crippen molar-refractivity contribution in [2.24, 2.45) is 0 Å². The lowest BCUT2D eigenvalue weighted by molar-refractivity contribution is 0.0507. The third kappa shape index (κ3) is 3.55. The molecule has 6 heteroatoms. The first-order valence-electron chi connectivity index (χ1n) is 11.1. The van der Waals surface area contributed by atoms with Crippen molar-refractivity contribution >= 4 is 28.3 Å². The molecule has 0 saturated heterocycles. The maximum absolute atomic E-state index is 13.4. The van der Waals surface area contributed by atoms with Gasteiger partial charge in [-0.3, -0.25) is 9.59 Å². The summed E-state index contributed by atoms with van der Waals surface area (Å²) in [7, 11) is 0. The van der Waals surface area contributed by atoms with Gasteiger partial charge in [0.05, 0.1) is 12.0 Å². The van der Waals surface area contributed by atoms with Gasteiger partial charge in [0.1, 0.15) is 22.8 Å². The number of Topliss-reactive ketones (excluding diaryl/α,β-unsaturated/α-hetero) is 1. The summed E-state index contributed by atoms with van der Waals surface area (Å²) in [4.78, 5) is 26.4. The number of hydrogen-bond acceptors (Lipinski definition) is 4. The summed E-state index contributed by atoms with van der Waals surface area (Å²) >= 11 is 0. The second-order valence-corrected chi connectivity index (χ2v) is 9.06. The van der Waals surface area contributed by atoms with Crippen LogP contribution in [0.5, 0.6) is 5.75 Å². The zero-order valence-electron chi connectivity index (χ0n) is 19.4. The lowest BCUT2D eigenvalue weighted by Gasteiger charge is -2.35. The summed E-state index contributed by atoms with van der Waals surface area (Å²) in [5.74, 6) is -0.283. The highest BCUT2D eigenvalue weighted by Gasteiger charge is 2.40. The standard InChI is InChI=1S/C28H24FNO4/c1-15-5-10-20(13-16(15)2)30-27(32)26-17(3)24-22(33-26)11-12-23-25(24)21(31)14-28(4,34-23)18-6-8-19(29)9-7-18/h5-13H,14H2,1-4H3,(H,30,32)/t28-/m1/s1. The van der Waals surface area contributed by atoms with Gasteiger partial charge in [-0.25, -0.2) is 4.39 Å². The zero-order valence-corrected chi connectivity index (χ0v) is 19.4. The third-order valence-electron chi connectivity index (χ3n) is 6.59. The van der Waals surface area contributed by atoms with Crippen LogP contribution in [0.4, 0.5) is 10.1 Å². The van der Waals surface area contributed by atoms with Crippen molar-refractivity contribution in [3.05, 3.63) is 94.0 Å². The average Bonchev–Trinajstić information content (AvgIpc) is 3.13. The SMILES string of the molecule is Cc1ccc(NC(=O)c2oc3ccc4c(c3c2C)C(=O)C[C@](C)(c2ccc(F)cc2)O4)cc1C. The van der Waals surface area contributed by atoms with Crippen LogP contribution < -0.4 is 10.1 Å². The fraction of sp³-hybridized carbons (Fsp3) is 0.214. The summed E-state index contributed by atoms with van der Waals surface area (Å²) in [5.41, 5.74) is 4.10. The molecule has 1 N–H and O–H groups in total. The van der Waals surface area contributed by atoms with E-state index < -0.39 is 5.60 Å². The first-order chi connectivity index (χ1) is 16.2. The molecule has 0 unspecified atom stereocenters. The van der Waals surface area contributed by atoms with Crippen LogP contribution in [0, 0.1) is 26.6 Å². The number of amides is 1. The van der Waals surface area contributed by atoms with E-state index in [2.05, 4.69) is 5.32 Å². The number of benzene rings is 3. The highest BCUT2D eigenvalue weighted by atomic mass is 19.1. The maximum atomic E-state index is 13.4. The van der Waals surface area contributed by atoms with Gasteiger partial charge in [0, 0.05) is 16.6 Å². The van der Waals surface area contributed by atoms with Gasteiger partial charge in [-0.05, 0) is 80.8 Å². The van der Waals surface area contributed by atoms with Crippen molar-refractivity contribution in [3.63, 3.8) is 0 Å². The molecule has 0 radical (unpaired) electrons. The van der Waals surface area contributed by atoms with Crippen molar-refractivity contribution in [2.45, 2.75) is 39.7 Å². The molecule has 1 amide bonds. The van der Waals surface area contributed by atoms with E-state index in [0.717, 1.165) is 11.1 Å². The molecule has 1 aliphatic heterocycles. The fourth-order valence-electron chi connectivity index (χ4n) is 4.54. The quantitative estimate of drug-likeness (QED) is 0.375. The van der Waals surface area contributed by atoms with Crippen LogP contribution in [-0.2, 0) is 5.60 Å². The molecule has 172 valence electrons. The Morgan fingerprint density at radius 3 is 2.44 bits per heavy atom. The highest BCUT2D eigenvalue weighted by molar-refractivity contribution is 6.14. The van der Waals surface area contributed by atoms with E-state index in [1.165, 1.54) is 12.1 Å². The van der Waals surface area contributed by atoms with Crippen molar-refractivity contribution < 1.29 is 23.1 Å². The number of fused-ring (bicyclic) bond motifs is 3. The number of halogens is 1. The molecule has 3 aromatic carbocycles. The van der Waals surface area contributed by atoms with Crippen LogP contribution >= 0.6 is 0 Å². The molecule has 0 aliphatic carbocycles. The van der Waals surface area contributed by atoms with Crippen LogP contribution in [0.3, 0.4) is 0 Å². The van der Waals surface area contributed by atoms with E-state index in [-0.39, 0.29) is 29.7 Å². The molecule has 0 spiro atoms. The summed E-state index contributed by atoms with van der Waals surface area (Å²) < 4.78 is 25.6. The Bertz CT molecular complexity index is 1470. The molecule has 1 aromatic heterocycles. The third-order valence-corrected chi connectivity index (χ3v) is 6.59. The van der Waals surface area contributed by atoms with E-state index in [0.29, 0.717) is 39.1 Å². The van der Waals surface area contributed by atoms with Gasteiger partial charge in [0.2, 0.25) is 0 Å². The van der Waals surface area contributed by atoms with Gasteiger partial charge in [-0.1, -0.05) is 18.2 Å². The number of nitrogens with one attached hydrogen (secondary N) is 1. The van der Waals surface area contributed by atoms with Crippen LogP contribution in [0.1, 0.15) is 56.5 Å². The minimum absolute atomic E-state index is 0.0829.